The van der Waals surface area contributed by atoms with Crippen LogP contribution in [0.1, 0.15) is 5.56 Å². The molecule has 1 aromatic heterocycles. The summed E-state index contributed by atoms with van der Waals surface area (Å²) in [6, 6.07) is 17.5. The number of rotatable bonds is 16. The number of hydrogen-bond donors (Lipinski definition) is 3. The van der Waals surface area contributed by atoms with Crippen molar-refractivity contribution in [2.45, 2.75) is 6.42 Å². The summed E-state index contributed by atoms with van der Waals surface area (Å²) in [6.07, 6.45) is 0.799. The number of nitrogens with zero attached hydrogens (tertiary/aromatic N) is 3. The Morgan fingerprint density at radius 2 is 1.41 bits per heavy atom. The number of hydrogen-bond acceptors (Lipinski definition) is 10. The second-order valence-electron chi connectivity index (χ2n) is 7.15. The molecule has 0 spiro atoms. The van der Waals surface area contributed by atoms with Gasteiger partial charge in [-0.2, -0.15) is 15.0 Å². The van der Waals surface area contributed by atoms with Gasteiger partial charge >= 0.3 is 6.01 Å². The van der Waals surface area contributed by atoms with Crippen LogP contribution >= 0.6 is 0 Å². The monoisotopic (exact) mass is 468 g/mol. The normalized spacial score (nSPS) is 10.6. The lowest BCUT2D eigenvalue weighted by molar-refractivity contribution is 0.0547. The minimum atomic E-state index is 0.201. The Kier molecular flexibility index (Phi) is 10.8. The molecule has 3 aromatic rings. The number of aromatic nitrogens is 3. The molecule has 0 amide bonds. The first kappa shape index (κ1) is 25.2. The van der Waals surface area contributed by atoms with Gasteiger partial charge in [-0.05, 0) is 36.2 Å². The van der Waals surface area contributed by atoms with Gasteiger partial charge in [-0.15, -0.1) is 0 Å². The van der Waals surface area contributed by atoms with Gasteiger partial charge in [0.15, 0.2) is 0 Å². The first-order valence-corrected chi connectivity index (χ1v) is 11.2. The van der Waals surface area contributed by atoms with Crippen LogP contribution in [0.2, 0.25) is 0 Å². The molecule has 182 valence electrons. The van der Waals surface area contributed by atoms with Gasteiger partial charge in [0.25, 0.3) is 0 Å². The Morgan fingerprint density at radius 3 is 2.09 bits per heavy atom. The molecule has 0 saturated heterocycles. The summed E-state index contributed by atoms with van der Waals surface area (Å²) in [5.41, 5.74) is 6.56. The smallest absolute Gasteiger partial charge is 0.328 e. The topological polar surface area (TPSA) is 126 Å². The highest BCUT2D eigenvalue weighted by Crippen LogP contribution is 2.19. The second-order valence-corrected chi connectivity index (χ2v) is 7.15. The second kappa shape index (κ2) is 14.6. The Balaban J connectivity index is 1.55. The van der Waals surface area contributed by atoms with Crippen LogP contribution in [0, 0.1) is 0 Å². The van der Waals surface area contributed by atoms with E-state index in [4.69, 9.17) is 24.7 Å². The van der Waals surface area contributed by atoms with E-state index in [9.17, 15) is 0 Å². The van der Waals surface area contributed by atoms with Gasteiger partial charge in [-0.25, -0.2) is 0 Å². The average molecular weight is 469 g/mol. The fourth-order valence-corrected chi connectivity index (χ4v) is 2.91. The number of para-hydroxylation sites is 1. The zero-order valence-corrected chi connectivity index (χ0v) is 19.4. The van der Waals surface area contributed by atoms with Crippen molar-refractivity contribution in [2.24, 2.45) is 5.73 Å². The van der Waals surface area contributed by atoms with Gasteiger partial charge in [0, 0.05) is 19.6 Å². The Morgan fingerprint density at radius 1 is 0.735 bits per heavy atom. The van der Waals surface area contributed by atoms with Crippen molar-refractivity contribution in [1.29, 1.82) is 0 Å². The average Bonchev–Trinajstić information content (AvgIpc) is 2.87. The molecule has 0 radical (unpaired) electrons. The summed E-state index contributed by atoms with van der Waals surface area (Å²) in [7, 11) is 1.65. The van der Waals surface area contributed by atoms with E-state index < -0.39 is 0 Å². The molecule has 10 heteroatoms. The molecule has 34 heavy (non-hydrogen) atoms. The summed E-state index contributed by atoms with van der Waals surface area (Å²) in [6.45, 7) is 3.70. The van der Waals surface area contributed by atoms with E-state index in [0.29, 0.717) is 63.7 Å². The lowest BCUT2D eigenvalue weighted by atomic mass is 10.1. The molecular formula is C24H32N6O4. The van der Waals surface area contributed by atoms with Crippen molar-refractivity contribution in [3.05, 3.63) is 60.2 Å². The molecule has 0 atom stereocenters. The zero-order valence-electron chi connectivity index (χ0n) is 19.4. The zero-order chi connectivity index (χ0) is 23.8. The van der Waals surface area contributed by atoms with Gasteiger partial charge in [0.05, 0.1) is 33.5 Å². The van der Waals surface area contributed by atoms with E-state index >= 15 is 0 Å². The molecule has 3 rings (SSSR count). The Bertz CT molecular complexity index is 959. The third kappa shape index (κ3) is 9.18. The highest BCUT2D eigenvalue weighted by atomic mass is 16.5. The summed E-state index contributed by atoms with van der Waals surface area (Å²) in [5.74, 6) is 2.30. The largest absolute Gasteiger partial charge is 0.497 e. The fraction of sp³-hybridized carbons (Fsp3) is 0.375. The van der Waals surface area contributed by atoms with Gasteiger partial charge < -0.3 is 35.3 Å². The highest BCUT2D eigenvalue weighted by molar-refractivity contribution is 5.37. The van der Waals surface area contributed by atoms with Crippen molar-refractivity contribution < 1.29 is 18.9 Å². The molecule has 0 aliphatic rings. The third-order valence-electron chi connectivity index (χ3n) is 4.59. The molecule has 1 heterocycles. The summed E-state index contributed by atoms with van der Waals surface area (Å²) < 4.78 is 21.8. The van der Waals surface area contributed by atoms with E-state index in [1.165, 1.54) is 5.56 Å². The molecule has 0 fully saturated rings. The molecular weight excluding hydrogens is 436 g/mol. The predicted octanol–water partition coefficient (Wildman–Crippen LogP) is 2.73. The number of nitrogens with one attached hydrogen (secondary N) is 2. The molecule has 10 nitrogen and oxygen atoms in total. The van der Waals surface area contributed by atoms with Gasteiger partial charge in [0.1, 0.15) is 11.5 Å². The summed E-state index contributed by atoms with van der Waals surface area (Å²) >= 11 is 0. The minimum absolute atomic E-state index is 0.201. The number of anilines is 2. The van der Waals surface area contributed by atoms with Crippen molar-refractivity contribution in [3.8, 4) is 17.5 Å². The van der Waals surface area contributed by atoms with Crippen LogP contribution in [0.4, 0.5) is 11.9 Å². The van der Waals surface area contributed by atoms with E-state index in [1.807, 2.05) is 54.6 Å². The quantitative estimate of drug-likeness (QED) is 0.270. The van der Waals surface area contributed by atoms with E-state index in [1.54, 1.807) is 7.11 Å². The van der Waals surface area contributed by atoms with Gasteiger partial charge in [-0.1, -0.05) is 30.3 Å². The maximum atomic E-state index is 5.82. The highest BCUT2D eigenvalue weighted by Gasteiger charge is 2.09. The standard InChI is InChI=1S/C24H32N6O4/c1-31-20-9-7-19(8-10-20)11-13-26-22-28-23(27-14-16-33-18-17-32-15-12-25)30-24(29-22)34-21-5-3-2-4-6-21/h2-10H,11-18,25H2,1H3,(H2,26,27,28,29,30). The van der Waals surface area contributed by atoms with E-state index in [0.717, 1.165) is 12.2 Å². The molecule has 2 aromatic carbocycles. The van der Waals surface area contributed by atoms with E-state index in [2.05, 4.69) is 25.6 Å². The minimum Gasteiger partial charge on any atom is -0.497 e. The van der Waals surface area contributed by atoms with Crippen molar-refractivity contribution in [3.63, 3.8) is 0 Å². The molecule has 4 N–H and O–H groups in total. The van der Waals surface area contributed by atoms with Crippen molar-refractivity contribution >= 4 is 11.9 Å². The Labute approximate surface area is 199 Å². The predicted molar refractivity (Wildman–Crippen MR) is 131 cm³/mol. The van der Waals surface area contributed by atoms with Crippen molar-refractivity contribution in [1.82, 2.24) is 15.0 Å². The first-order chi connectivity index (χ1) is 16.8. The summed E-state index contributed by atoms with van der Waals surface area (Å²) in [5, 5.41) is 6.40. The van der Waals surface area contributed by atoms with Crippen LogP contribution in [-0.4, -0.2) is 68.1 Å². The van der Waals surface area contributed by atoms with Gasteiger partial charge in [-0.3, -0.25) is 0 Å². The molecule has 0 aliphatic heterocycles. The molecule has 0 saturated carbocycles. The van der Waals surface area contributed by atoms with Crippen molar-refractivity contribution in [2.75, 3.05) is 63.8 Å². The number of nitrogens with two attached hydrogens (primary N) is 1. The lowest BCUT2D eigenvalue weighted by Crippen LogP contribution is -2.17. The van der Waals surface area contributed by atoms with Crippen LogP contribution in [0.25, 0.3) is 0 Å². The van der Waals surface area contributed by atoms with Crippen LogP contribution in [0.5, 0.6) is 17.5 Å². The summed E-state index contributed by atoms with van der Waals surface area (Å²) in [4.78, 5) is 13.2. The van der Waals surface area contributed by atoms with E-state index in [-0.39, 0.29) is 6.01 Å². The van der Waals surface area contributed by atoms with Crippen LogP contribution in [0.3, 0.4) is 0 Å². The van der Waals surface area contributed by atoms with Crippen LogP contribution in [0.15, 0.2) is 54.6 Å². The maximum Gasteiger partial charge on any atom is 0.328 e. The van der Waals surface area contributed by atoms with Crippen LogP contribution in [-0.2, 0) is 15.9 Å². The lowest BCUT2D eigenvalue weighted by Gasteiger charge is -2.11. The molecule has 0 unspecified atom stereocenters. The number of benzene rings is 2. The van der Waals surface area contributed by atoms with Gasteiger partial charge in [0.2, 0.25) is 11.9 Å². The fourth-order valence-electron chi connectivity index (χ4n) is 2.91. The Hall–Kier alpha value is -3.47. The maximum absolute atomic E-state index is 5.82. The third-order valence-corrected chi connectivity index (χ3v) is 4.59. The first-order valence-electron chi connectivity index (χ1n) is 11.2. The molecule has 0 bridgehead atoms. The number of ether oxygens (including phenoxy) is 4. The van der Waals surface area contributed by atoms with Crippen LogP contribution < -0.4 is 25.8 Å². The SMILES string of the molecule is COc1ccc(CCNc2nc(NCCOCCOCCN)nc(Oc3ccccc3)n2)cc1. The number of methoxy groups -OCH3 is 1. The molecule has 0 aliphatic carbocycles.